The van der Waals surface area contributed by atoms with Crippen molar-refractivity contribution >= 4 is 23.0 Å². The van der Waals surface area contributed by atoms with Gasteiger partial charge in [0.15, 0.2) is 5.11 Å². The summed E-state index contributed by atoms with van der Waals surface area (Å²) in [6.07, 6.45) is 0. The smallest absolute Gasteiger partial charge is 0.170 e. The molecule has 0 saturated heterocycles. The molecule has 0 aromatic heterocycles. The van der Waals surface area contributed by atoms with Gasteiger partial charge < -0.3 is 15.4 Å². The van der Waals surface area contributed by atoms with Gasteiger partial charge in [-0.05, 0) is 35.8 Å². The van der Waals surface area contributed by atoms with E-state index in [4.69, 9.17) is 17.0 Å². The van der Waals surface area contributed by atoms with Crippen molar-refractivity contribution in [1.82, 2.24) is 5.32 Å². The van der Waals surface area contributed by atoms with Gasteiger partial charge in [-0.15, -0.1) is 0 Å². The second-order valence-electron chi connectivity index (χ2n) is 4.15. The normalized spacial score (nSPS) is 10.4. The number of ether oxygens (including phenoxy) is 1. The van der Waals surface area contributed by atoms with Gasteiger partial charge in [-0.25, -0.2) is 0 Å². The number of hydrogen-bond acceptors (Lipinski definition) is 2. The Labute approximate surface area is 109 Å². The molecule has 0 radical (unpaired) electrons. The third kappa shape index (κ3) is 5.15. The van der Waals surface area contributed by atoms with Gasteiger partial charge in [-0.1, -0.05) is 26.0 Å². The van der Waals surface area contributed by atoms with Crippen LogP contribution in [-0.4, -0.2) is 25.4 Å². The van der Waals surface area contributed by atoms with E-state index in [1.807, 2.05) is 12.1 Å². The number of nitrogens with one attached hydrogen (secondary N) is 2. The summed E-state index contributed by atoms with van der Waals surface area (Å²) in [5.41, 5.74) is 2.32. The fourth-order valence-electron chi connectivity index (χ4n) is 1.42. The molecule has 0 fully saturated rings. The monoisotopic (exact) mass is 252 g/mol. The third-order valence-electron chi connectivity index (χ3n) is 2.40. The Morgan fingerprint density at radius 1 is 1.41 bits per heavy atom. The minimum absolute atomic E-state index is 0.520. The SMILES string of the molecule is COCCNC(=S)Nc1cccc(C(C)C)c1. The fourth-order valence-corrected chi connectivity index (χ4v) is 1.64. The summed E-state index contributed by atoms with van der Waals surface area (Å²) in [4.78, 5) is 0. The quantitative estimate of drug-likeness (QED) is 0.623. The molecule has 0 heterocycles. The molecule has 0 bridgehead atoms. The van der Waals surface area contributed by atoms with Crippen molar-refractivity contribution in [2.75, 3.05) is 25.6 Å². The number of rotatable bonds is 5. The molecule has 1 aromatic rings. The molecule has 0 aliphatic heterocycles. The highest BCUT2D eigenvalue weighted by Crippen LogP contribution is 2.18. The first kappa shape index (κ1) is 13.9. The van der Waals surface area contributed by atoms with Gasteiger partial charge in [0.2, 0.25) is 0 Å². The van der Waals surface area contributed by atoms with E-state index in [9.17, 15) is 0 Å². The summed E-state index contributed by atoms with van der Waals surface area (Å²) in [5.74, 6) is 0.520. The zero-order valence-electron chi connectivity index (χ0n) is 10.6. The number of hydrogen-bond donors (Lipinski definition) is 2. The van der Waals surface area contributed by atoms with Gasteiger partial charge in [0.1, 0.15) is 0 Å². The molecule has 17 heavy (non-hydrogen) atoms. The van der Waals surface area contributed by atoms with E-state index in [0.29, 0.717) is 24.2 Å². The minimum atomic E-state index is 0.520. The Morgan fingerprint density at radius 3 is 2.82 bits per heavy atom. The van der Waals surface area contributed by atoms with E-state index in [1.54, 1.807) is 7.11 Å². The lowest BCUT2D eigenvalue weighted by atomic mass is 10.0. The van der Waals surface area contributed by atoms with E-state index in [0.717, 1.165) is 5.69 Å². The predicted molar refractivity (Wildman–Crippen MR) is 76.6 cm³/mol. The minimum Gasteiger partial charge on any atom is -0.383 e. The molecule has 0 unspecified atom stereocenters. The van der Waals surface area contributed by atoms with Crippen molar-refractivity contribution in [3.05, 3.63) is 29.8 Å². The summed E-state index contributed by atoms with van der Waals surface area (Å²) in [6.45, 7) is 5.71. The predicted octanol–water partition coefficient (Wildman–Crippen LogP) is 2.74. The van der Waals surface area contributed by atoms with Gasteiger partial charge >= 0.3 is 0 Å². The van der Waals surface area contributed by atoms with E-state index in [1.165, 1.54) is 5.56 Å². The van der Waals surface area contributed by atoms with E-state index in [-0.39, 0.29) is 0 Å². The highest BCUT2D eigenvalue weighted by Gasteiger charge is 2.01. The van der Waals surface area contributed by atoms with Crippen LogP contribution in [0.4, 0.5) is 5.69 Å². The summed E-state index contributed by atoms with van der Waals surface area (Å²) in [5, 5.41) is 6.86. The van der Waals surface area contributed by atoms with Crippen molar-refractivity contribution in [1.29, 1.82) is 0 Å². The average molecular weight is 252 g/mol. The van der Waals surface area contributed by atoms with Gasteiger partial charge in [-0.2, -0.15) is 0 Å². The molecule has 0 spiro atoms. The second kappa shape index (κ2) is 7.25. The van der Waals surface area contributed by atoms with E-state index in [2.05, 4.69) is 36.6 Å². The Hall–Kier alpha value is -1.13. The van der Waals surface area contributed by atoms with Crippen LogP contribution in [0.25, 0.3) is 0 Å². The molecule has 1 aromatic carbocycles. The largest absolute Gasteiger partial charge is 0.383 e. The van der Waals surface area contributed by atoms with Gasteiger partial charge in [0, 0.05) is 19.3 Å². The molecule has 0 amide bonds. The zero-order valence-corrected chi connectivity index (χ0v) is 11.4. The molecular formula is C13H20N2OS. The van der Waals surface area contributed by atoms with Crippen LogP contribution in [0.1, 0.15) is 25.3 Å². The molecule has 1 rings (SSSR count). The fraction of sp³-hybridized carbons (Fsp3) is 0.462. The van der Waals surface area contributed by atoms with Crippen LogP contribution in [0.5, 0.6) is 0 Å². The van der Waals surface area contributed by atoms with Gasteiger partial charge in [0.25, 0.3) is 0 Å². The van der Waals surface area contributed by atoms with E-state index < -0.39 is 0 Å². The highest BCUT2D eigenvalue weighted by atomic mass is 32.1. The van der Waals surface area contributed by atoms with Crippen molar-refractivity contribution in [3.8, 4) is 0 Å². The molecule has 2 N–H and O–H groups in total. The number of thiocarbonyl (C=S) groups is 1. The van der Waals surface area contributed by atoms with Crippen LogP contribution < -0.4 is 10.6 Å². The van der Waals surface area contributed by atoms with Gasteiger partial charge in [0.05, 0.1) is 6.61 Å². The van der Waals surface area contributed by atoms with Crippen LogP contribution in [0.15, 0.2) is 24.3 Å². The van der Waals surface area contributed by atoms with Crippen molar-refractivity contribution in [3.63, 3.8) is 0 Å². The first-order valence-electron chi connectivity index (χ1n) is 5.77. The van der Waals surface area contributed by atoms with Crippen molar-refractivity contribution in [2.45, 2.75) is 19.8 Å². The van der Waals surface area contributed by atoms with Gasteiger partial charge in [-0.3, -0.25) is 0 Å². The number of anilines is 1. The maximum absolute atomic E-state index is 5.18. The maximum atomic E-state index is 5.18. The molecule has 0 saturated carbocycles. The zero-order chi connectivity index (χ0) is 12.7. The Balaban J connectivity index is 2.50. The first-order chi connectivity index (χ1) is 8.13. The maximum Gasteiger partial charge on any atom is 0.170 e. The summed E-state index contributed by atoms with van der Waals surface area (Å²) < 4.78 is 4.94. The lowest BCUT2D eigenvalue weighted by Gasteiger charge is -2.12. The standard InChI is InChI=1S/C13H20N2OS/c1-10(2)11-5-4-6-12(9-11)15-13(17)14-7-8-16-3/h4-6,9-10H,7-8H2,1-3H3,(H2,14,15,17). The summed E-state index contributed by atoms with van der Waals surface area (Å²) in [6, 6.07) is 8.29. The Morgan fingerprint density at radius 2 is 2.18 bits per heavy atom. The molecule has 3 nitrogen and oxygen atoms in total. The molecule has 0 aliphatic carbocycles. The lowest BCUT2D eigenvalue weighted by Crippen LogP contribution is -2.31. The van der Waals surface area contributed by atoms with Crippen molar-refractivity contribution in [2.24, 2.45) is 0 Å². The molecule has 0 atom stereocenters. The lowest BCUT2D eigenvalue weighted by molar-refractivity contribution is 0.204. The second-order valence-corrected chi connectivity index (χ2v) is 4.56. The van der Waals surface area contributed by atoms with Crippen LogP contribution in [0.3, 0.4) is 0 Å². The third-order valence-corrected chi connectivity index (χ3v) is 2.65. The van der Waals surface area contributed by atoms with Crippen LogP contribution in [0, 0.1) is 0 Å². The molecule has 94 valence electrons. The summed E-state index contributed by atoms with van der Waals surface area (Å²) in [7, 11) is 1.67. The summed E-state index contributed by atoms with van der Waals surface area (Å²) >= 11 is 5.18. The van der Waals surface area contributed by atoms with Crippen LogP contribution in [-0.2, 0) is 4.74 Å². The Kier molecular flexibility index (Phi) is 5.94. The number of benzene rings is 1. The average Bonchev–Trinajstić information content (AvgIpc) is 2.29. The Bertz CT molecular complexity index is 366. The molecular weight excluding hydrogens is 232 g/mol. The molecule has 4 heteroatoms. The highest BCUT2D eigenvalue weighted by molar-refractivity contribution is 7.80. The van der Waals surface area contributed by atoms with Crippen molar-refractivity contribution < 1.29 is 4.74 Å². The van der Waals surface area contributed by atoms with E-state index >= 15 is 0 Å². The van der Waals surface area contributed by atoms with Crippen LogP contribution in [0.2, 0.25) is 0 Å². The first-order valence-corrected chi connectivity index (χ1v) is 6.18. The topological polar surface area (TPSA) is 33.3 Å². The molecule has 0 aliphatic rings. The van der Waals surface area contributed by atoms with Crippen LogP contribution >= 0.6 is 12.2 Å². The number of methoxy groups -OCH3 is 1.